The van der Waals surface area contributed by atoms with E-state index in [1.54, 1.807) is 12.1 Å². The third-order valence-electron chi connectivity index (χ3n) is 6.13. The molecule has 0 radical (unpaired) electrons. The number of benzene rings is 3. The van der Waals surface area contributed by atoms with Crippen LogP contribution in [-0.4, -0.2) is 19.2 Å². The number of hydrogen-bond donors (Lipinski definition) is 1. The van der Waals surface area contributed by atoms with E-state index >= 15 is 0 Å². The fraction of sp³-hybridized carbons (Fsp3) is 0.241. The molecule has 1 atom stereocenters. The van der Waals surface area contributed by atoms with Crippen LogP contribution in [0.5, 0.6) is 23.0 Å². The van der Waals surface area contributed by atoms with Crippen molar-refractivity contribution in [1.29, 1.82) is 5.26 Å². The van der Waals surface area contributed by atoms with E-state index in [1.165, 1.54) is 6.07 Å². The normalized spacial score (nSPS) is 14.1. The van der Waals surface area contributed by atoms with Gasteiger partial charge in [0.25, 0.3) is 0 Å². The number of esters is 1. The quantitative estimate of drug-likeness (QED) is 0.0765. The first-order valence-corrected chi connectivity index (χ1v) is 14.3. The van der Waals surface area contributed by atoms with Crippen molar-refractivity contribution in [3.05, 3.63) is 90.2 Å². The summed E-state index contributed by atoms with van der Waals surface area (Å²) in [4.78, 5) is 12.6. The van der Waals surface area contributed by atoms with Crippen molar-refractivity contribution < 1.29 is 23.7 Å². The first-order chi connectivity index (χ1) is 19.7. The number of carbonyl (C=O) groups excluding carboxylic acids is 1. The Hall–Kier alpha value is -2.99. The minimum Gasteiger partial charge on any atom is -0.494 e. The average Bonchev–Trinajstić information content (AvgIpc) is 2.96. The summed E-state index contributed by atoms with van der Waals surface area (Å²) in [7, 11) is 0. The third kappa shape index (κ3) is 6.91. The van der Waals surface area contributed by atoms with Crippen molar-refractivity contribution in [2.24, 2.45) is 5.73 Å². The molecular formula is C29H23Cl5N2O5. The van der Waals surface area contributed by atoms with Crippen LogP contribution in [0, 0.1) is 11.3 Å². The molecule has 3 aromatic carbocycles. The molecule has 0 bridgehead atoms. The van der Waals surface area contributed by atoms with Gasteiger partial charge in [0, 0.05) is 11.6 Å². The van der Waals surface area contributed by atoms with Crippen LogP contribution in [0.3, 0.4) is 0 Å². The van der Waals surface area contributed by atoms with Crippen LogP contribution in [-0.2, 0) is 4.79 Å². The molecule has 12 heteroatoms. The number of nitrogens with zero attached hydrogens (tertiary/aromatic N) is 1. The number of unbranched alkanes of at least 4 members (excludes halogenated alkanes) is 2. The van der Waals surface area contributed by atoms with Gasteiger partial charge in [0.05, 0.1) is 27.6 Å². The Morgan fingerprint density at radius 3 is 2.34 bits per heavy atom. The minimum absolute atomic E-state index is 0.0373. The second-order valence-electron chi connectivity index (χ2n) is 8.91. The first-order valence-electron chi connectivity index (χ1n) is 12.4. The highest BCUT2D eigenvalue weighted by Crippen LogP contribution is 2.48. The van der Waals surface area contributed by atoms with Crippen LogP contribution >= 0.6 is 58.0 Å². The van der Waals surface area contributed by atoms with Crippen molar-refractivity contribution in [3.63, 3.8) is 0 Å². The standard InChI is InChI=1S/C29H23Cl5N2O5/c1-2-3-4-10-38-16-7-5-6-15(11-16)22-18-9-8-17(12-20(18)41-29(36)19(22)13-35)40-21(37)14-39-28-26(33)24(31)23(30)25(32)27(28)34/h5-9,11-12,22H,2-4,10,14,36H2,1H3. The molecule has 1 aliphatic rings. The molecule has 0 aromatic heterocycles. The van der Waals surface area contributed by atoms with Gasteiger partial charge in [-0.1, -0.05) is 96.0 Å². The molecule has 0 saturated heterocycles. The molecule has 0 amide bonds. The lowest BCUT2D eigenvalue weighted by Crippen LogP contribution is -2.22. The number of nitriles is 1. The number of rotatable bonds is 10. The molecule has 1 unspecified atom stereocenters. The smallest absolute Gasteiger partial charge is 0.349 e. The molecule has 2 N–H and O–H groups in total. The lowest BCUT2D eigenvalue weighted by molar-refractivity contribution is -0.136. The number of hydrogen-bond acceptors (Lipinski definition) is 7. The predicted octanol–water partition coefficient (Wildman–Crippen LogP) is 8.73. The molecule has 1 heterocycles. The van der Waals surface area contributed by atoms with Gasteiger partial charge in [0.2, 0.25) is 5.88 Å². The Bertz CT molecular complexity index is 1520. The molecule has 0 fully saturated rings. The van der Waals surface area contributed by atoms with E-state index in [9.17, 15) is 10.1 Å². The summed E-state index contributed by atoms with van der Waals surface area (Å²) in [6.45, 7) is 2.16. The first kappa shape index (κ1) is 31.0. The topological polar surface area (TPSA) is 104 Å². The third-order valence-corrected chi connectivity index (χ3v) is 8.38. The van der Waals surface area contributed by atoms with E-state index in [-0.39, 0.29) is 48.1 Å². The lowest BCUT2D eigenvalue weighted by atomic mass is 9.83. The molecule has 3 aromatic rings. The maximum absolute atomic E-state index is 12.6. The van der Waals surface area contributed by atoms with E-state index in [0.29, 0.717) is 23.7 Å². The van der Waals surface area contributed by atoms with Crippen molar-refractivity contribution in [2.75, 3.05) is 13.2 Å². The number of halogens is 5. The maximum Gasteiger partial charge on any atom is 0.349 e. The van der Waals surface area contributed by atoms with Gasteiger partial charge in [0.15, 0.2) is 12.4 Å². The van der Waals surface area contributed by atoms with Crippen LogP contribution in [0.1, 0.15) is 43.2 Å². The molecule has 0 saturated carbocycles. The van der Waals surface area contributed by atoms with Crippen LogP contribution in [0.4, 0.5) is 0 Å². The molecular weight excluding hydrogens is 634 g/mol. The Labute approximate surface area is 262 Å². The molecule has 214 valence electrons. The van der Waals surface area contributed by atoms with Gasteiger partial charge in [-0.25, -0.2) is 4.79 Å². The highest BCUT2D eigenvalue weighted by Gasteiger charge is 2.31. The zero-order valence-corrected chi connectivity index (χ0v) is 25.4. The number of allylic oxidation sites excluding steroid dienone is 1. The highest BCUT2D eigenvalue weighted by molar-refractivity contribution is 6.55. The largest absolute Gasteiger partial charge is 0.494 e. The molecule has 41 heavy (non-hydrogen) atoms. The van der Waals surface area contributed by atoms with Crippen molar-refractivity contribution in [1.82, 2.24) is 0 Å². The predicted molar refractivity (Wildman–Crippen MR) is 160 cm³/mol. The van der Waals surface area contributed by atoms with Gasteiger partial charge < -0.3 is 24.7 Å². The summed E-state index contributed by atoms with van der Waals surface area (Å²) in [5, 5.41) is 9.51. The summed E-state index contributed by atoms with van der Waals surface area (Å²) < 4.78 is 22.5. The van der Waals surface area contributed by atoms with E-state index in [1.807, 2.05) is 24.3 Å². The van der Waals surface area contributed by atoms with Crippen LogP contribution in [0.25, 0.3) is 0 Å². The van der Waals surface area contributed by atoms with Crippen LogP contribution < -0.4 is 24.7 Å². The molecule has 7 nitrogen and oxygen atoms in total. The number of fused-ring (bicyclic) bond motifs is 1. The Kier molecular flexibility index (Phi) is 10.4. The van der Waals surface area contributed by atoms with E-state index in [0.717, 1.165) is 24.8 Å². The Morgan fingerprint density at radius 2 is 1.66 bits per heavy atom. The summed E-state index contributed by atoms with van der Waals surface area (Å²) in [5.74, 6) is -0.278. The minimum atomic E-state index is -0.777. The van der Waals surface area contributed by atoms with Crippen molar-refractivity contribution >= 4 is 64.0 Å². The van der Waals surface area contributed by atoms with Gasteiger partial charge in [0.1, 0.15) is 38.9 Å². The SMILES string of the molecule is CCCCCOc1cccc(C2C(C#N)=C(N)Oc3cc(OC(=O)COc4c(Cl)c(Cl)c(Cl)c(Cl)c4Cl)ccc32)c1. The monoisotopic (exact) mass is 654 g/mol. The van der Waals surface area contributed by atoms with Gasteiger partial charge in [-0.3, -0.25) is 0 Å². The second kappa shape index (κ2) is 13.8. The maximum atomic E-state index is 12.6. The number of ether oxygens (including phenoxy) is 4. The Morgan fingerprint density at radius 1 is 0.951 bits per heavy atom. The molecule has 4 rings (SSSR count). The number of nitrogens with two attached hydrogens (primary N) is 1. The van der Waals surface area contributed by atoms with Crippen molar-refractivity contribution in [3.8, 4) is 29.1 Å². The van der Waals surface area contributed by atoms with Crippen LogP contribution in [0.2, 0.25) is 25.1 Å². The van der Waals surface area contributed by atoms with Crippen molar-refractivity contribution in [2.45, 2.75) is 32.1 Å². The fourth-order valence-corrected chi connectivity index (χ4v) is 5.40. The zero-order chi connectivity index (χ0) is 29.7. The lowest BCUT2D eigenvalue weighted by Gasteiger charge is -2.27. The summed E-state index contributed by atoms with van der Waals surface area (Å²) in [6.07, 6.45) is 3.12. The van der Waals surface area contributed by atoms with E-state index in [4.69, 9.17) is 82.7 Å². The fourth-order valence-electron chi connectivity index (χ4n) is 4.17. The highest BCUT2D eigenvalue weighted by atomic mass is 35.5. The molecule has 0 aliphatic carbocycles. The van der Waals surface area contributed by atoms with Gasteiger partial charge in [-0.2, -0.15) is 5.26 Å². The second-order valence-corrected chi connectivity index (χ2v) is 10.8. The molecule has 0 spiro atoms. The molecule has 1 aliphatic heterocycles. The van der Waals surface area contributed by atoms with E-state index in [2.05, 4.69) is 13.0 Å². The van der Waals surface area contributed by atoms with E-state index < -0.39 is 18.5 Å². The van der Waals surface area contributed by atoms with Gasteiger partial charge >= 0.3 is 5.97 Å². The number of carbonyl (C=O) groups is 1. The summed E-state index contributed by atoms with van der Waals surface area (Å²) in [6, 6.07) is 14.4. The van der Waals surface area contributed by atoms with Gasteiger partial charge in [-0.05, 0) is 30.2 Å². The van der Waals surface area contributed by atoms with Crippen LogP contribution in [0.15, 0.2) is 53.9 Å². The summed E-state index contributed by atoms with van der Waals surface area (Å²) in [5.41, 5.74) is 7.85. The van der Waals surface area contributed by atoms with Gasteiger partial charge in [-0.15, -0.1) is 0 Å². The Balaban J connectivity index is 1.53. The summed E-state index contributed by atoms with van der Waals surface area (Å²) >= 11 is 30.4. The average molecular weight is 657 g/mol. The zero-order valence-electron chi connectivity index (χ0n) is 21.6.